The zero-order chi connectivity index (χ0) is 17.2. The van der Waals surface area contributed by atoms with Gasteiger partial charge >= 0.3 is 7.60 Å². The SMILES string of the molecule is Nc1nc2c(nc(Br)n2C[C@@H](CO)OCCP(=O)(O)O)c(=O)[nH]1. The number of rotatable bonds is 7. The lowest BCUT2D eigenvalue weighted by Crippen LogP contribution is -2.26. The number of aliphatic hydroxyl groups excluding tert-OH is 1. The van der Waals surface area contributed by atoms with E-state index in [0.717, 1.165) is 0 Å². The fourth-order valence-corrected chi connectivity index (χ4v) is 2.70. The third-order valence-corrected chi connectivity index (χ3v) is 4.27. The lowest BCUT2D eigenvalue weighted by atomic mass is 10.3. The first-order chi connectivity index (χ1) is 10.7. The van der Waals surface area contributed by atoms with Crippen molar-refractivity contribution in [3.8, 4) is 0 Å². The number of hydrogen-bond acceptors (Lipinski definition) is 7. The number of nitrogens with zero attached hydrogens (tertiary/aromatic N) is 3. The average molecular weight is 412 g/mol. The van der Waals surface area contributed by atoms with Crippen LogP contribution in [0.5, 0.6) is 0 Å². The number of imidazole rings is 1. The van der Waals surface area contributed by atoms with E-state index in [0.29, 0.717) is 0 Å². The first-order valence-electron chi connectivity index (χ1n) is 6.40. The second-order valence-corrected chi connectivity index (χ2v) is 7.16. The van der Waals surface area contributed by atoms with Crippen LogP contribution >= 0.6 is 23.5 Å². The van der Waals surface area contributed by atoms with Crippen LogP contribution in [0, 0.1) is 0 Å². The zero-order valence-corrected chi connectivity index (χ0v) is 14.2. The number of nitrogens with one attached hydrogen (secondary N) is 1. The molecule has 2 aromatic rings. The summed E-state index contributed by atoms with van der Waals surface area (Å²) >= 11 is 3.18. The van der Waals surface area contributed by atoms with E-state index in [2.05, 4.69) is 30.9 Å². The summed E-state index contributed by atoms with van der Waals surface area (Å²) < 4.78 is 17.8. The molecule has 0 radical (unpaired) electrons. The van der Waals surface area contributed by atoms with Crippen molar-refractivity contribution in [2.75, 3.05) is 25.1 Å². The molecule has 2 aromatic heterocycles. The number of ether oxygens (including phenoxy) is 1. The fraction of sp³-hybridized carbons (Fsp3) is 0.500. The van der Waals surface area contributed by atoms with Crippen molar-refractivity contribution in [3.05, 3.63) is 15.1 Å². The molecule has 0 aliphatic rings. The highest BCUT2D eigenvalue weighted by Gasteiger charge is 2.19. The Morgan fingerprint density at radius 1 is 1.43 bits per heavy atom. The normalized spacial score (nSPS) is 13.6. The Bertz CT molecular complexity index is 801. The molecular weight excluding hydrogens is 397 g/mol. The summed E-state index contributed by atoms with van der Waals surface area (Å²) in [5, 5.41) is 9.35. The summed E-state index contributed by atoms with van der Waals surface area (Å²) in [6.45, 7) is -0.563. The van der Waals surface area contributed by atoms with Gasteiger partial charge in [-0.3, -0.25) is 14.3 Å². The molecular formula is C10H15BrN5O6P. The van der Waals surface area contributed by atoms with E-state index in [4.69, 9.17) is 20.3 Å². The van der Waals surface area contributed by atoms with Crippen LogP contribution < -0.4 is 11.3 Å². The Balaban J connectivity index is 2.21. The number of fused-ring (bicyclic) bond motifs is 1. The molecule has 23 heavy (non-hydrogen) atoms. The molecule has 0 unspecified atom stereocenters. The minimum atomic E-state index is -4.17. The number of nitrogens with two attached hydrogens (primary N) is 1. The van der Waals surface area contributed by atoms with Gasteiger partial charge in [-0.2, -0.15) is 4.98 Å². The largest absolute Gasteiger partial charge is 0.394 e. The molecule has 0 aliphatic carbocycles. The molecule has 0 spiro atoms. The molecule has 0 saturated heterocycles. The molecule has 1 atom stereocenters. The van der Waals surface area contributed by atoms with Gasteiger partial charge in [-0.15, -0.1) is 0 Å². The van der Waals surface area contributed by atoms with E-state index >= 15 is 0 Å². The number of aliphatic hydroxyl groups is 1. The Morgan fingerprint density at radius 2 is 2.13 bits per heavy atom. The molecule has 0 bridgehead atoms. The van der Waals surface area contributed by atoms with Gasteiger partial charge in [0.05, 0.1) is 32.0 Å². The van der Waals surface area contributed by atoms with Crippen LogP contribution in [0.3, 0.4) is 0 Å². The summed E-state index contributed by atoms with van der Waals surface area (Å²) in [4.78, 5) is 39.7. The Morgan fingerprint density at radius 3 is 2.74 bits per heavy atom. The molecule has 0 fully saturated rings. The second-order valence-electron chi connectivity index (χ2n) is 4.68. The first kappa shape index (κ1) is 18.0. The topological polar surface area (TPSA) is 177 Å². The summed E-state index contributed by atoms with van der Waals surface area (Å²) in [5.74, 6) is -0.0842. The van der Waals surface area contributed by atoms with E-state index in [1.807, 2.05) is 0 Å². The Kier molecular flexibility index (Phi) is 5.55. The average Bonchev–Trinajstić information content (AvgIpc) is 2.73. The maximum Gasteiger partial charge on any atom is 0.327 e. The molecule has 0 aliphatic heterocycles. The van der Waals surface area contributed by atoms with Crippen molar-refractivity contribution < 1.29 is 24.2 Å². The summed E-state index contributed by atoms with van der Waals surface area (Å²) in [6, 6.07) is 0. The highest BCUT2D eigenvalue weighted by Crippen LogP contribution is 2.33. The first-order valence-corrected chi connectivity index (χ1v) is 8.99. The van der Waals surface area contributed by atoms with Crippen LogP contribution in [0.2, 0.25) is 0 Å². The van der Waals surface area contributed by atoms with Crippen molar-refractivity contribution in [2.24, 2.45) is 0 Å². The van der Waals surface area contributed by atoms with E-state index < -0.39 is 32.0 Å². The Hall–Kier alpha value is -1.30. The van der Waals surface area contributed by atoms with Gasteiger partial charge < -0.3 is 29.9 Å². The van der Waals surface area contributed by atoms with Gasteiger partial charge in [0.2, 0.25) is 5.95 Å². The van der Waals surface area contributed by atoms with Crippen molar-refractivity contribution in [3.63, 3.8) is 0 Å². The molecule has 0 aromatic carbocycles. The van der Waals surface area contributed by atoms with Gasteiger partial charge in [-0.1, -0.05) is 0 Å². The van der Waals surface area contributed by atoms with E-state index in [1.54, 1.807) is 0 Å². The van der Waals surface area contributed by atoms with Gasteiger partial charge in [-0.25, -0.2) is 4.98 Å². The number of H-pyrrole nitrogens is 1. The highest BCUT2D eigenvalue weighted by atomic mass is 79.9. The molecule has 2 heterocycles. The lowest BCUT2D eigenvalue weighted by Gasteiger charge is -2.17. The minimum absolute atomic E-state index is 0.0602. The number of aromatic amines is 1. The van der Waals surface area contributed by atoms with Crippen LogP contribution in [0.25, 0.3) is 11.2 Å². The van der Waals surface area contributed by atoms with Crippen LogP contribution in [-0.4, -0.2) is 59.9 Å². The molecule has 0 amide bonds. The van der Waals surface area contributed by atoms with Gasteiger partial charge in [0.15, 0.2) is 15.9 Å². The second kappa shape index (κ2) is 7.07. The Labute approximate surface area is 137 Å². The lowest BCUT2D eigenvalue weighted by molar-refractivity contribution is 0.00972. The van der Waals surface area contributed by atoms with E-state index in [9.17, 15) is 14.5 Å². The van der Waals surface area contributed by atoms with E-state index in [-0.39, 0.29) is 35.0 Å². The molecule has 11 nitrogen and oxygen atoms in total. The maximum atomic E-state index is 11.8. The molecule has 0 saturated carbocycles. The van der Waals surface area contributed by atoms with Gasteiger partial charge in [-0.05, 0) is 15.9 Å². The van der Waals surface area contributed by atoms with Crippen LogP contribution in [0.4, 0.5) is 5.95 Å². The van der Waals surface area contributed by atoms with E-state index in [1.165, 1.54) is 4.57 Å². The number of halogens is 1. The maximum absolute atomic E-state index is 11.8. The van der Waals surface area contributed by atoms with Gasteiger partial charge in [0, 0.05) is 0 Å². The number of aromatic nitrogens is 4. The van der Waals surface area contributed by atoms with Gasteiger partial charge in [0.1, 0.15) is 0 Å². The zero-order valence-electron chi connectivity index (χ0n) is 11.7. The number of nitrogen functional groups attached to an aromatic ring is 1. The van der Waals surface area contributed by atoms with Crippen molar-refractivity contribution in [1.29, 1.82) is 0 Å². The summed E-state index contributed by atoms with van der Waals surface area (Å²) in [5.41, 5.74) is 5.27. The predicted molar refractivity (Wildman–Crippen MR) is 84.0 cm³/mol. The van der Waals surface area contributed by atoms with Gasteiger partial charge in [0.25, 0.3) is 5.56 Å². The van der Waals surface area contributed by atoms with Crippen LogP contribution in [0.1, 0.15) is 0 Å². The fourth-order valence-electron chi connectivity index (χ4n) is 1.87. The van der Waals surface area contributed by atoms with Crippen LogP contribution in [0.15, 0.2) is 9.53 Å². The van der Waals surface area contributed by atoms with Crippen LogP contribution in [-0.2, 0) is 15.8 Å². The van der Waals surface area contributed by atoms with Crippen molar-refractivity contribution in [2.45, 2.75) is 12.6 Å². The standard InChI is InChI=1S/C10H15BrN5O6P/c11-9-13-6-7(14-10(12)15-8(6)18)16(9)3-5(4-17)22-1-2-23(19,20)21/h5,17H,1-4H2,(H2,19,20,21)(H3,12,14,15,18)/t5-/m0/s1. The minimum Gasteiger partial charge on any atom is -0.394 e. The van der Waals surface area contributed by atoms with Crippen molar-refractivity contribution >= 4 is 40.6 Å². The molecule has 13 heteroatoms. The van der Waals surface area contributed by atoms with Crippen molar-refractivity contribution in [1.82, 2.24) is 19.5 Å². The third-order valence-electron chi connectivity index (χ3n) is 2.90. The third kappa shape index (κ3) is 4.59. The summed E-state index contributed by atoms with van der Waals surface area (Å²) in [6.07, 6.45) is -1.22. The number of anilines is 1. The number of hydrogen-bond donors (Lipinski definition) is 5. The quantitative estimate of drug-likeness (QED) is 0.283. The predicted octanol–water partition coefficient (Wildman–Crippen LogP) is -0.981. The molecule has 128 valence electrons. The molecule has 2 rings (SSSR count). The monoisotopic (exact) mass is 411 g/mol. The summed E-state index contributed by atoms with van der Waals surface area (Å²) in [7, 11) is -4.17. The highest BCUT2D eigenvalue weighted by molar-refractivity contribution is 9.10. The smallest absolute Gasteiger partial charge is 0.327 e. The molecule has 6 N–H and O–H groups in total.